The lowest BCUT2D eigenvalue weighted by Gasteiger charge is -2.31. The number of benzene rings is 1. The predicted molar refractivity (Wildman–Crippen MR) is 88.5 cm³/mol. The average Bonchev–Trinajstić information content (AvgIpc) is 2.98. The molecule has 1 aromatic carbocycles. The quantitative estimate of drug-likeness (QED) is 0.937. The lowest BCUT2D eigenvalue weighted by Crippen LogP contribution is -2.51. The van der Waals surface area contributed by atoms with E-state index < -0.39 is 11.5 Å². The molecule has 1 aromatic heterocycles. The molecule has 2 aromatic rings. The van der Waals surface area contributed by atoms with Gasteiger partial charge in [0.1, 0.15) is 5.54 Å². The van der Waals surface area contributed by atoms with E-state index in [0.29, 0.717) is 36.5 Å². The Balaban J connectivity index is 1.93. The molecule has 24 heavy (non-hydrogen) atoms. The number of aliphatic carboxylic acids is 1. The molecule has 6 heteroatoms. The lowest BCUT2D eigenvalue weighted by molar-refractivity contribution is -0.147. The van der Waals surface area contributed by atoms with Gasteiger partial charge >= 0.3 is 5.97 Å². The van der Waals surface area contributed by atoms with E-state index in [1.54, 1.807) is 13.8 Å². The Morgan fingerprint density at radius 3 is 2.58 bits per heavy atom. The monoisotopic (exact) mass is 325 g/mol. The van der Waals surface area contributed by atoms with Crippen LogP contribution in [0.15, 0.2) is 36.5 Å². The van der Waals surface area contributed by atoms with Crippen molar-refractivity contribution in [3.05, 3.63) is 47.8 Å². The highest BCUT2D eigenvalue weighted by atomic mass is 16.4. The Morgan fingerprint density at radius 2 is 1.96 bits per heavy atom. The first-order valence-corrected chi connectivity index (χ1v) is 7.88. The standard InChI is InChI=1S/C18H19N3O3/c1-12-14(11-19-15(20-12)13-7-4-3-5-8-13)16(22)21-10-6-9-18(21,2)17(23)24/h3-5,7-8,11H,6,9-10H2,1-2H3,(H,23,24). The molecule has 3 rings (SSSR count). The highest BCUT2D eigenvalue weighted by molar-refractivity contribution is 5.98. The lowest BCUT2D eigenvalue weighted by atomic mass is 9.98. The second kappa shape index (κ2) is 6.03. The Hall–Kier alpha value is -2.76. The minimum absolute atomic E-state index is 0.325. The maximum absolute atomic E-state index is 12.8. The van der Waals surface area contributed by atoms with Gasteiger partial charge in [-0.15, -0.1) is 0 Å². The zero-order chi connectivity index (χ0) is 17.3. The molecule has 1 atom stereocenters. The van der Waals surface area contributed by atoms with Gasteiger partial charge in [-0.3, -0.25) is 4.79 Å². The minimum Gasteiger partial charge on any atom is -0.480 e. The Morgan fingerprint density at radius 1 is 1.25 bits per heavy atom. The van der Waals surface area contributed by atoms with Crippen LogP contribution < -0.4 is 0 Å². The summed E-state index contributed by atoms with van der Waals surface area (Å²) in [5.41, 5.74) is 0.607. The molecule has 1 amide bonds. The van der Waals surface area contributed by atoms with Crippen molar-refractivity contribution in [3.63, 3.8) is 0 Å². The predicted octanol–water partition coefficient (Wildman–Crippen LogP) is 2.53. The van der Waals surface area contributed by atoms with Crippen molar-refractivity contribution in [3.8, 4) is 11.4 Å². The summed E-state index contributed by atoms with van der Waals surface area (Å²) >= 11 is 0. The van der Waals surface area contributed by atoms with Crippen LogP contribution in [-0.4, -0.2) is 43.9 Å². The third-order valence-electron chi connectivity index (χ3n) is 4.59. The van der Waals surface area contributed by atoms with Crippen LogP contribution in [0, 0.1) is 6.92 Å². The number of hydrogen-bond acceptors (Lipinski definition) is 4. The van der Waals surface area contributed by atoms with Crippen molar-refractivity contribution in [1.82, 2.24) is 14.9 Å². The van der Waals surface area contributed by atoms with Crippen LogP contribution in [0.1, 0.15) is 35.8 Å². The SMILES string of the molecule is Cc1nc(-c2ccccc2)ncc1C(=O)N1CCCC1(C)C(=O)O. The van der Waals surface area contributed by atoms with Crippen molar-refractivity contribution in [1.29, 1.82) is 0 Å². The number of carboxylic acids is 1. The van der Waals surface area contributed by atoms with E-state index in [4.69, 9.17) is 0 Å². The second-order valence-electron chi connectivity index (χ2n) is 6.20. The molecule has 1 aliphatic rings. The van der Waals surface area contributed by atoms with Crippen LogP contribution in [0.2, 0.25) is 0 Å². The Labute approximate surface area is 140 Å². The summed E-state index contributed by atoms with van der Waals surface area (Å²) in [6.07, 6.45) is 2.63. The number of rotatable bonds is 3. The highest BCUT2D eigenvalue weighted by Gasteiger charge is 2.46. The van der Waals surface area contributed by atoms with Gasteiger partial charge in [-0.2, -0.15) is 0 Å². The van der Waals surface area contributed by atoms with E-state index >= 15 is 0 Å². The van der Waals surface area contributed by atoms with Crippen molar-refractivity contribution in [2.75, 3.05) is 6.54 Å². The molecule has 0 aliphatic carbocycles. The van der Waals surface area contributed by atoms with Crippen molar-refractivity contribution in [2.24, 2.45) is 0 Å². The first-order valence-electron chi connectivity index (χ1n) is 7.88. The fourth-order valence-corrected chi connectivity index (χ4v) is 3.06. The number of carbonyl (C=O) groups excluding carboxylic acids is 1. The van der Waals surface area contributed by atoms with Gasteiger partial charge < -0.3 is 10.0 Å². The van der Waals surface area contributed by atoms with Crippen LogP contribution in [0.4, 0.5) is 0 Å². The third-order valence-corrected chi connectivity index (χ3v) is 4.59. The summed E-state index contributed by atoms with van der Waals surface area (Å²) in [7, 11) is 0. The molecule has 1 N–H and O–H groups in total. The van der Waals surface area contributed by atoms with E-state index in [1.165, 1.54) is 11.1 Å². The summed E-state index contributed by atoms with van der Waals surface area (Å²) < 4.78 is 0. The fourth-order valence-electron chi connectivity index (χ4n) is 3.06. The van der Waals surface area contributed by atoms with Crippen LogP contribution in [0.3, 0.4) is 0 Å². The molecule has 0 spiro atoms. The molecule has 6 nitrogen and oxygen atoms in total. The van der Waals surface area contributed by atoms with Gasteiger partial charge in [-0.25, -0.2) is 14.8 Å². The van der Waals surface area contributed by atoms with E-state index in [0.717, 1.165) is 5.56 Å². The molecule has 0 radical (unpaired) electrons. The first-order chi connectivity index (χ1) is 11.4. The molecule has 0 bridgehead atoms. The molecule has 0 saturated carbocycles. The number of amides is 1. The van der Waals surface area contributed by atoms with E-state index in [2.05, 4.69) is 9.97 Å². The van der Waals surface area contributed by atoms with E-state index in [9.17, 15) is 14.7 Å². The number of carbonyl (C=O) groups is 2. The molecule has 1 fully saturated rings. The number of carboxylic acid groups (broad SMARTS) is 1. The number of hydrogen-bond donors (Lipinski definition) is 1. The van der Waals surface area contributed by atoms with Crippen molar-refractivity contribution < 1.29 is 14.7 Å². The van der Waals surface area contributed by atoms with Gasteiger partial charge in [0.2, 0.25) is 0 Å². The Bertz CT molecular complexity index is 791. The zero-order valence-electron chi connectivity index (χ0n) is 13.7. The highest BCUT2D eigenvalue weighted by Crippen LogP contribution is 2.31. The van der Waals surface area contributed by atoms with Crippen LogP contribution in [-0.2, 0) is 4.79 Å². The largest absolute Gasteiger partial charge is 0.480 e. The zero-order valence-corrected chi connectivity index (χ0v) is 13.7. The minimum atomic E-state index is -1.17. The molecule has 2 heterocycles. The molecule has 1 unspecified atom stereocenters. The summed E-state index contributed by atoms with van der Waals surface area (Å²) in [4.78, 5) is 34.5. The van der Waals surface area contributed by atoms with Gasteiger partial charge in [0.15, 0.2) is 5.82 Å². The van der Waals surface area contributed by atoms with Crippen LogP contribution >= 0.6 is 0 Å². The number of nitrogens with zero attached hydrogens (tertiary/aromatic N) is 3. The van der Waals surface area contributed by atoms with Gasteiger partial charge in [0, 0.05) is 18.3 Å². The average molecular weight is 325 g/mol. The molecule has 1 aliphatic heterocycles. The topological polar surface area (TPSA) is 83.4 Å². The normalized spacial score (nSPS) is 20.2. The van der Waals surface area contributed by atoms with Gasteiger partial charge in [0.05, 0.1) is 11.3 Å². The smallest absolute Gasteiger partial charge is 0.329 e. The molecular formula is C18H19N3O3. The number of aromatic nitrogens is 2. The van der Waals surface area contributed by atoms with Crippen LogP contribution in [0.25, 0.3) is 11.4 Å². The van der Waals surface area contributed by atoms with Crippen molar-refractivity contribution in [2.45, 2.75) is 32.2 Å². The summed E-state index contributed by atoms with van der Waals surface area (Å²) in [6.45, 7) is 3.77. The van der Waals surface area contributed by atoms with Gasteiger partial charge in [-0.1, -0.05) is 30.3 Å². The molecule has 124 valence electrons. The number of aryl methyl sites for hydroxylation is 1. The third kappa shape index (κ3) is 2.64. The summed E-state index contributed by atoms with van der Waals surface area (Å²) in [5.74, 6) is -0.755. The maximum atomic E-state index is 12.8. The number of likely N-dealkylation sites (tertiary alicyclic amines) is 1. The Kier molecular flexibility index (Phi) is 4.05. The first kappa shape index (κ1) is 16.1. The van der Waals surface area contributed by atoms with Crippen molar-refractivity contribution >= 4 is 11.9 Å². The fraction of sp³-hybridized carbons (Fsp3) is 0.333. The van der Waals surface area contributed by atoms with Crippen LogP contribution in [0.5, 0.6) is 0 Å². The molecular weight excluding hydrogens is 306 g/mol. The second-order valence-corrected chi connectivity index (χ2v) is 6.20. The maximum Gasteiger partial charge on any atom is 0.329 e. The summed E-state index contributed by atoms with van der Waals surface area (Å²) in [6, 6.07) is 9.51. The molecule has 1 saturated heterocycles. The van der Waals surface area contributed by atoms with E-state index in [-0.39, 0.29) is 5.91 Å². The van der Waals surface area contributed by atoms with Gasteiger partial charge in [0.25, 0.3) is 5.91 Å². The van der Waals surface area contributed by atoms with Gasteiger partial charge in [-0.05, 0) is 26.7 Å². The summed E-state index contributed by atoms with van der Waals surface area (Å²) in [5, 5.41) is 9.48. The van der Waals surface area contributed by atoms with E-state index in [1.807, 2.05) is 30.3 Å².